The lowest BCUT2D eigenvalue weighted by Gasteiger charge is -2.51. The average Bonchev–Trinajstić information content (AvgIpc) is 2.17. The van der Waals surface area contributed by atoms with Crippen molar-refractivity contribution in [2.75, 3.05) is 6.54 Å². The van der Waals surface area contributed by atoms with Gasteiger partial charge in [-0.1, -0.05) is 20.8 Å². The van der Waals surface area contributed by atoms with Crippen molar-refractivity contribution in [3.05, 3.63) is 0 Å². The van der Waals surface area contributed by atoms with Gasteiger partial charge in [0.15, 0.2) is 0 Å². The Morgan fingerprint density at radius 3 is 2.35 bits per heavy atom. The highest BCUT2D eigenvalue weighted by atomic mass is 16.3. The van der Waals surface area contributed by atoms with Crippen molar-refractivity contribution in [3.8, 4) is 0 Å². The molecule has 0 aromatic carbocycles. The number of aliphatic hydroxyl groups excluding tert-OH is 1. The van der Waals surface area contributed by atoms with Crippen LogP contribution in [0, 0.1) is 5.41 Å². The Labute approximate surface area is 107 Å². The highest BCUT2D eigenvalue weighted by Crippen LogP contribution is 2.41. The molecule has 0 saturated heterocycles. The number of hydrogen-bond acceptors (Lipinski definition) is 2. The van der Waals surface area contributed by atoms with Gasteiger partial charge in [0.2, 0.25) is 0 Å². The van der Waals surface area contributed by atoms with Gasteiger partial charge in [0.05, 0.1) is 6.10 Å². The number of nitrogens with zero attached hydrogens (tertiary/aromatic N) is 1. The third-order valence-electron chi connectivity index (χ3n) is 4.22. The van der Waals surface area contributed by atoms with Crippen molar-refractivity contribution in [2.45, 2.75) is 84.9 Å². The van der Waals surface area contributed by atoms with Crippen LogP contribution in [0.3, 0.4) is 0 Å². The highest BCUT2D eigenvalue weighted by Gasteiger charge is 2.42. The van der Waals surface area contributed by atoms with Crippen LogP contribution in [0.4, 0.5) is 0 Å². The molecule has 1 saturated carbocycles. The van der Waals surface area contributed by atoms with Crippen molar-refractivity contribution in [2.24, 2.45) is 5.41 Å². The molecule has 2 unspecified atom stereocenters. The van der Waals surface area contributed by atoms with Crippen molar-refractivity contribution in [1.82, 2.24) is 4.90 Å². The van der Waals surface area contributed by atoms with Crippen molar-refractivity contribution in [1.29, 1.82) is 0 Å². The molecule has 0 aromatic heterocycles. The monoisotopic (exact) mass is 241 g/mol. The first-order valence-electron chi connectivity index (χ1n) is 7.13. The molecule has 0 heterocycles. The van der Waals surface area contributed by atoms with E-state index in [2.05, 4.69) is 46.4 Å². The van der Waals surface area contributed by atoms with Gasteiger partial charge in [-0.2, -0.15) is 0 Å². The number of hydrogen-bond donors (Lipinski definition) is 1. The second-order valence-electron chi connectivity index (χ2n) is 7.30. The summed E-state index contributed by atoms with van der Waals surface area (Å²) in [4.78, 5) is 2.61. The molecule has 1 N–H and O–H groups in total. The van der Waals surface area contributed by atoms with E-state index < -0.39 is 0 Å². The fourth-order valence-electron chi connectivity index (χ4n) is 3.15. The molecule has 2 atom stereocenters. The molecular weight excluding hydrogens is 210 g/mol. The Morgan fingerprint density at radius 1 is 1.29 bits per heavy atom. The third-order valence-corrected chi connectivity index (χ3v) is 4.22. The van der Waals surface area contributed by atoms with Gasteiger partial charge in [0.1, 0.15) is 0 Å². The summed E-state index contributed by atoms with van der Waals surface area (Å²) >= 11 is 0. The molecule has 0 aliphatic heterocycles. The predicted molar refractivity (Wildman–Crippen MR) is 74.2 cm³/mol. The summed E-state index contributed by atoms with van der Waals surface area (Å²) < 4.78 is 0. The van der Waals surface area contributed by atoms with Gasteiger partial charge in [0.25, 0.3) is 0 Å². The van der Waals surface area contributed by atoms with Crippen molar-refractivity contribution >= 4 is 0 Å². The summed E-state index contributed by atoms with van der Waals surface area (Å²) in [6.07, 6.45) is 4.11. The lowest BCUT2D eigenvalue weighted by Crippen LogP contribution is -2.57. The van der Waals surface area contributed by atoms with Crippen LogP contribution in [0.15, 0.2) is 0 Å². The van der Waals surface area contributed by atoms with E-state index in [1.165, 1.54) is 6.42 Å². The Hall–Kier alpha value is -0.0800. The van der Waals surface area contributed by atoms with Gasteiger partial charge in [-0.05, 0) is 58.4 Å². The average molecular weight is 241 g/mol. The highest BCUT2D eigenvalue weighted by molar-refractivity contribution is 4.96. The quantitative estimate of drug-likeness (QED) is 0.818. The first-order valence-corrected chi connectivity index (χ1v) is 7.13. The van der Waals surface area contributed by atoms with E-state index in [1.807, 2.05) is 0 Å². The van der Waals surface area contributed by atoms with Crippen molar-refractivity contribution < 1.29 is 5.11 Å². The first-order chi connectivity index (χ1) is 7.68. The standard InChI is InChI=1S/C15H31NO/c1-7-10-16(14(2,3)4)13-11-12(17)8-9-15(13,5)6/h12-13,17H,7-11H2,1-6H3. The second-order valence-corrected chi connectivity index (χ2v) is 7.30. The molecule has 0 radical (unpaired) electrons. The maximum absolute atomic E-state index is 9.97. The van der Waals surface area contributed by atoms with Gasteiger partial charge in [-0.25, -0.2) is 0 Å². The molecule has 1 fully saturated rings. The zero-order chi connectivity index (χ0) is 13.3. The lowest BCUT2D eigenvalue weighted by molar-refractivity contribution is -0.0477. The van der Waals surface area contributed by atoms with Gasteiger partial charge in [0, 0.05) is 11.6 Å². The van der Waals surface area contributed by atoms with Crippen LogP contribution < -0.4 is 0 Å². The Bertz CT molecular complexity index is 242. The lowest BCUT2D eigenvalue weighted by atomic mass is 9.70. The van der Waals surface area contributed by atoms with E-state index in [-0.39, 0.29) is 11.6 Å². The van der Waals surface area contributed by atoms with E-state index in [1.54, 1.807) is 0 Å². The molecule has 2 nitrogen and oxygen atoms in total. The van der Waals surface area contributed by atoms with Gasteiger partial charge < -0.3 is 5.11 Å². The zero-order valence-electron chi connectivity index (χ0n) is 12.6. The molecule has 102 valence electrons. The molecule has 1 rings (SSSR count). The summed E-state index contributed by atoms with van der Waals surface area (Å²) in [7, 11) is 0. The van der Waals surface area contributed by atoms with Crippen LogP contribution in [0.1, 0.15) is 67.2 Å². The summed E-state index contributed by atoms with van der Waals surface area (Å²) in [6.45, 7) is 15.0. The van der Waals surface area contributed by atoms with Crippen molar-refractivity contribution in [3.63, 3.8) is 0 Å². The molecule has 17 heavy (non-hydrogen) atoms. The smallest absolute Gasteiger partial charge is 0.0555 e. The fraction of sp³-hybridized carbons (Fsp3) is 1.00. The van der Waals surface area contributed by atoms with Crippen LogP contribution >= 0.6 is 0 Å². The summed E-state index contributed by atoms with van der Waals surface area (Å²) in [5.74, 6) is 0. The number of rotatable bonds is 3. The van der Waals surface area contributed by atoms with E-state index >= 15 is 0 Å². The van der Waals surface area contributed by atoms with E-state index in [0.29, 0.717) is 11.5 Å². The maximum Gasteiger partial charge on any atom is 0.0555 e. The Morgan fingerprint density at radius 2 is 1.88 bits per heavy atom. The van der Waals surface area contributed by atoms with Gasteiger partial charge in [-0.3, -0.25) is 4.90 Å². The number of aliphatic hydroxyl groups is 1. The minimum Gasteiger partial charge on any atom is -0.393 e. The maximum atomic E-state index is 9.97. The first kappa shape index (κ1) is 15.0. The molecule has 1 aliphatic rings. The predicted octanol–water partition coefficient (Wildman–Crippen LogP) is 3.44. The largest absolute Gasteiger partial charge is 0.393 e. The van der Waals surface area contributed by atoms with E-state index in [9.17, 15) is 5.11 Å². The van der Waals surface area contributed by atoms with Crippen LogP contribution in [0.2, 0.25) is 0 Å². The Balaban J connectivity index is 2.90. The Kier molecular flexibility index (Phi) is 4.65. The molecule has 0 amide bonds. The minimum absolute atomic E-state index is 0.102. The van der Waals surface area contributed by atoms with Crippen LogP contribution in [0.5, 0.6) is 0 Å². The third kappa shape index (κ3) is 3.69. The second kappa shape index (κ2) is 5.27. The van der Waals surface area contributed by atoms with E-state index in [0.717, 1.165) is 25.8 Å². The molecular formula is C15H31NO. The normalized spacial score (nSPS) is 29.6. The zero-order valence-corrected chi connectivity index (χ0v) is 12.6. The summed E-state index contributed by atoms with van der Waals surface area (Å²) in [6, 6.07) is 0.506. The molecule has 0 aromatic rings. The summed E-state index contributed by atoms with van der Waals surface area (Å²) in [5, 5.41) is 9.97. The van der Waals surface area contributed by atoms with Gasteiger partial charge >= 0.3 is 0 Å². The SMILES string of the molecule is CCCN(C1CC(O)CCC1(C)C)C(C)(C)C. The topological polar surface area (TPSA) is 23.5 Å². The summed E-state index contributed by atoms with van der Waals surface area (Å²) in [5.41, 5.74) is 0.511. The molecule has 1 aliphatic carbocycles. The van der Waals surface area contributed by atoms with Crippen LogP contribution in [-0.2, 0) is 0 Å². The molecule has 2 heteroatoms. The molecule has 0 bridgehead atoms. The van der Waals surface area contributed by atoms with E-state index in [4.69, 9.17) is 0 Å². The van der Waals surface area contributed by atoms with Gasteiger partial charge in [-0.15, -0.1) is 0 Å². The fourth-order valence-corrected chi connectivity index (χ4v) is 3.15. The minimum atomic E-state index is -0.102. The molecule has 0 spiro atoms. The van der Waals surface area contributed by atoms with Crippen LogP contribution in [0.25, 0.3) is 0 Å². The van der Waals surface area contributed by atoms with Crippen LogP contribution in [-0.4, -0.2) is 34.2 Å².